The molecule has 2 rings (SSSR count). The minimum absolute atomic E-state index is 0.0479. The van der Waals surface area contributed by atoms with Crippen LogP contribution in [0.2, 0.25) is 5.02 Å². The highest BCUT2D eigenvalue weighted by Gasteiger charge is 2.10. The normalized spacial score (nSPS) is 10.2. The van der Waals surface area contributed by atoms with Gasteiger partial charge in [0.2, 0.25) is 0 Å². The molecule has 88 valence electrons. The van der Waals surface area contributed by atoms with Crippen LogP contribution in [0.3, 0.4) is 0 Å². The van der Waals surface area contributed by atoms with Crippen molar-refractivity contribution in [3.8, 4) is 11.5 Å². The van der Waals surface area contributed by atoms with Crippen LogP contribution < -0.4 is 4.74 Å². The van der Waals surface area contributed by atoms with Gasteiger partial charge in [-0.15, -0.1) is 0 Å². The van der Waals surface area contributed by atoms with Crippen LogP contribution in [0.25, 0.3) is 0 Å². The molecule has 0 aliphatic rings. The van der Waals surface area contributed by atoms with Crippen LogP contribution in [0.4, 0.5) is 4.39 Å². The molecule has 0 aromatic heterocycles. The van der Waals surface area contributed by atoms with Crippen LogP contribution in [0.5, 0.6) is 11.5 Å². The van der Waals surface area contributed by atoms with Gasteiger partial charge in [0.15, 0.2) is 11.6 Å². The van der Waals surface area contributed by atoms with Crippen molar-refractivity contribution in [1.29, 1.82) is 0 Å². The lowest BCUT2D eigenvalue weighted by Crippen LogP contribution is -1.97. The standard InChI is InChI=1S/C13H10ClFO2/c14-11-6-10(16)7-12(15)13(11)17-8-9-4-2-1-3-5-9/h1-7,16H,8H2. The Hall–Kier alpha value is -1.74. The minimum Gasteiger partial charge on any atom is -0.508 e. The molecule has 4 heteroatoms. The molecule has 0 saturated heterocycles. The lowest BCUT2D eigenvalue weighted by molar-refractivity contribution is 0.289. The van der Waals surface area contributed by atoms with Gasteiger partial charge in [-0.2, -0.15) is 0 Å². The number of rotatable bonds is 3. The Labute approximate surface area is 103 Å². The Bertz CT molecular complexity index is 491. The van der Waals surface area contributed by atoms with Crippen molar-refractivity contribution in [3.63, 3.8) is 0 Å². The van der Waals surface area contributed by atoms with Crippen molar-refractivity contribution in [1.82, 2.24) is 0 Å². The van der Waals surface area contributed by atoms with Gasteiger partial charge in [0, 0.05) is 12.1 Å². The molecular weight excluding hydrogens is 243 g/mol. The molecule has 0 saturated carbocycles. The van der Waals surface area contributed by atoms with Crippen LogP contribution >= 0.6 is 11.6 Å². The molecule has 1 N–H and O–H groups in total. The maximum atomic E-state index is 13.4. The van der Waals surface area contributed by atoms with E-state index in [1.807, 2.05) is 30.3 Å². The van der Waals surface area contributed by atoms with Crippen molar-refractivity contribution >= 4 is 11.6 Å². The van der Waals surface area contributed by atoms with Gasteiger partial charge in [-0.1, -0.05) is 41.9 Å². The molecule has 0 spiro atoms. The number of phenols is 1. The van der Waals surface area contributed by atoms with Gasteiger partial charge in [-0.3, -0.25) is 0 Å². The third-order valence-electron chi connectivity index (χ3n) is 2.21. The summed E-state index contributed by atoms with van der Waals surface area (Å²) in [5, 5.41) is 9.18. The predicted octanol–water partition coefficient (Wildman–Crippen LogP) is 3.76. The Kier molecular flexibility index (Phi) is 3.49. The summed E-state index contributed by atoms with van der Waals surface area (Å²) in [7, 11) is 0. The van der Waals surface area contributed by atoms with Crippen molar-refractivity contribution in [2.45, 2.75) is 6.61 Å². The monoisotopic (exact) mass is 252 g/mol. The van der Waals surface area contributed by atoms with Crippen LogP contribution in [-0.2, 0) is 6.61 Å². The fourth-order valence-electron chi connectivity index (χ4n) is 1.41. The highest BCUT2D eigenvalue weighted by Crippen LogP contribution is 2.32. The number of benzene rings is 2. The topological polar surface area (TPSA) is 29.5 Å². The van der Waals surface area contributed by atoms with E-state index < -0.39 is 5.82 Å². The Morgan fingerprint density at radius 1 is 1.18 bits per heavy atom. The maximum absolute atomic E-state index is 13.4. The lowest BCUT2D eigenvalue weighted by Gasteiger charge is -2.09. The first-order valence-corrected chi connectivity index (χ1v) is 5.39. The third-order valence-corrected chi connectivity index (χ3v) is 2.49. The van der Waals surface area contributed by atoms with Gasteiger partial charge < -0.3 is 9.84 Å². The molecule has 2 aromatic carbocycles. The number of ether oxygens (including phenoxy) is 1. The summed E-state index contributed by atoms with van der Waals surface area (Å²) >= 11 is 5.78. The van der Waals surface area contributed by atoms with Crippen molar-refractivity contribution in [2.75, 3.05) is 0 Å². The van der Waals surface area contributed by atoms with E-state index in [1.54, 1.807) is 0 Å². The van der Waals surface area contributed by atoms with E-state index in [9.17, 15) is 4.39 Å². The number of aromatic hydroxyl groups is 1. The number of hydrogen-bond acceptors (Lipinski definition) is 2. The van der Waals surface area contributed by atoms with Crippen LogP contribution in [0, 0.1) is 5.82 Å². The first-order chi connectivity index (χ1) is 8.16. The third kappa shape index (κ3) is 2.88. The molecule has 0 amide bonds. The molecule has 2 aromatic rings. The first kappa shape index (κ1) is 11.7. The van der Waals surface area contributed by atoms with E-state index in [1.165, 1.54) is 6.07 Å². The second-order valence-corrected chi connectivity index (χ2v) is 3.92. The summed E-state index contributed by atoms with van der Waals surface area (Å²) in [6.45, 7) is 0.224. The van der Waals surface area contributed by atoms with E-state index in [-0.39, 0.29) is 23.1 Å². The largest absolute Gasteiger partial charge is 0.508 e. The zero-order valence-corrected chi connectivity index (χ0v) is 9.62. The van der Waals surface area contributed by atoms with E-state index in [4.69, 9.17) is 21.4 Å². The van der Waals surface area contributed by atoms with Crippen LogP contribution in [0.1, 0.15) is 5.56 Å². The molecule has 17 heavy (non-hydrogen) atoms. The summed E-state index contributed by atoms with van der Waals surface area (Å²) in [6.07, 6.45) is 0. The average molecular weight is 253 g/mol. The number of hydrogen-bond donors (Lipinski definition) is 1. The average Bonchev–Trinajstić information content (AvgIpc) is 2.29. The fraction of sp³-hybridized carbons (Fsp3) is 0.0769. The second-order valence-electron chi connectivity index (χ2n) is 3.51. The summed E-state index contributed by atoms with van der Waals surface area (Å²) in [5.41, 5.74) is 0.913. The Morgan fingerprint density at radius 2 is 1.88 bits per heavy atom. The first-order valence-electron chi connectivity index (χ1n) is 5.01. The van der Waals surface area contributed by atoms with Crippen LogP contribution in [0.15, 0.2) is 42.5 Å². The van der Waals surface area contributed by atoms with Gasteiger partial charge in [0.05, 0.1) is 5.02 Å². The number of phenolic OH excluding ortho intramolecular Hbond substituents is 1. The summed E-state index contributed by atoms with van der Waals surface area (Å²) in [4.78, 5) is 0. The minimum atomic E-state index is -0.675. The van der Waals surface area contributed by atoms with Crippen molar-refractivity contribution in [3.05, 3.63) is 58.9 Å². The zero-order chi connectivity index (χ0) is 12.3. The summed E-state index contributed by atoms with van der Waals surface area (Å²) in [6, 6.07) is 11.6. The molecule has 2 nitrogen and oxygen atoms in total. The molecule has 0 bridgehead atoms. The molecule has 0 aliphatic carbocycles. The van der Waals surface area contributed by atoms with Crippen molar-refractivity contribution < 1.29 is 14.2 Å². The van der Waals surface area contributed by atoms with Gasteiger partial charge in [-0.25, -0.2) is 4.39 Å². The quantitative estimate of drug-likeness (QED) is 0.901. The zero-order valence-electron chi connectivity index (χ0n) is 8.86. The van der Waals surface area contributed by atoms with Crippen molar-refractivity contribution in [2.24, 2.45) is 0 Å². The van der Waals surface area contributed by atoms with E-state index in [0.29, 0.717) is 0 Å². The highest BCUT2D eigenvalue weighted by atomic mass is 35.5. The van der Waals surface area contributed by atoms with E-state index >= 15 is 0 Å². The lowest BCUT2D eigenvalue weighted by atomic mass is 10.2. The van der Waals surface area contributed by atoms with Gasteiger partial charge in [0.25, 0.3) is 0 Å². The molecule has 0 aliphatic heterocycles. The van der Waals surface area contributed by atoms with E-state index in [0.717, 1.165) is 11.6 Å². The molecular formula is C13H10ClFO2. The molecule has 0 atom stereocenters. The molecule has 0 radical (unpaired) electrons. The van der Waals surface area contributed by atoms with E-state index in [2.05, 4.69) is 0 Å². The maximum Gasteiger partial charge on any atom is 0.174 e. The fourth-order valence-corrected chi connectivity index (χ4v) is 1.67. The SMILES string of the molecule is Oc1cc(F)c(OCc2ccccc2)c(Cl)c1. The predicted molar refractivity (Wildman–Crippen MR) is 63.8 cm³/mol. The van der Waals surface area contributed by atoms with Crippen LogP contribution in [-0.4, -0.2) is 5.11 Å². The Balaban J connectivity index is 2.15. The molecule has 0 fully saturated rings. The summed E-state index contributed by atoms with van der Waals surface area (Å²) < 4.78 is 18.7. The van der Waals surface area contributed by atoms with Gasteiger partial charge in [0.1, 0.15) is 12.4 Å². The van der Waals surface area contributed by atoms with Gasteiger partial charge in [-0.05, 0) is 5.56 Å². The molecule has 0 heterocycles. The van der Waals surface area contributed by atoms with Gasteiger partial charge >= 0.3 is 0 Å². The highest BCUT2D eigenvalue weighted by molar-refractivity contribution is 6.32. The number of halogens is 2. The molecule has 0 unspecified atom stereocenters. The smallest absolute Gasteiger partial charge is 0.174 e. The summed E-state index contributed by atoms with van der Waals surface area (Å²) in [5.74, 6) is -0.946. The Morgan fingerprint density at radius 3 is 2.53 bits per heavy atom. The second kappa shape index (κ2) is 5.06.